The predicted molar refractivity (Wildman–Crippen MR) is 131 cm³/mol. The van der Waals surface area contributed by atoms with Crippen LogP contribution in [0.1, 0.15) is 25.7 Å². The zero-order valence-electron chi connectivity index (χ0n) is 21.8. The molecule has 0 aliphatic rings. The van der Waals surface area contributed by atoms with E-state index >= 15 is 0 Å². The molecule has 5 heteroatoms. The number of quaternary nitrogens is 3. The van der Waals surface area contributed by atoms with E-state index in [0.717, 1.165) is 13.4 Å². The van der Waals surface area contributed by atoms with Crippen LogP contribution in [-0.2, 0) is 0 Å². The Morgan fingerprint density at radius 1 is 0.500 bits per heavy atom. The van der Waals surface area contributed by atoms with Crippen LogP contribution in [0.3, 0.4) is 0 Å². The summed E-state index contributed by atoms with van der Waals surface area (Å²) >= 11 is 0. The quantitative estimate of drug-likeness (QED) is 0.273. The molecule has 0 aromatic carbocycles. The molecule has 0 aliphatic heterocycles. The van der Waals surface area contributed by atoms with E-state index < -0.39 is 8.07 Å². The van der Waals surface area contributed by atoms with Crippen LogP contribution in [0.4, 0.5) is 0 Å². The molecule has 0 radical (unpaired) electrons. The van der Waals surface area contributed by atoms with E-state index in [1.54, 1.807) is 18.1 Å². The van der Waals surface area contributed by atoms with E-state index in [-0.39, 0.29) is 0 Å². The summed E-state index contributed by atoms with van der Waals surface area (Å²) in [6, 6.07) is 6.18. The standard InChI is InChI=1S/C23H57N4Si/c1-24(2)16-12-20-28(21-13-17-25(3,4)5,22-14-18-26(6,7)8)23-15-19-27(9,10)11/h12-23H2,1-11H3/q+3. The first-order valence-electron chi connectivity index (χ1n) is 11.6. The van der Waals surface area contributed by atoms with Gasteiger partial charge in [0.25, 0.3) is 0 Å². The van der Waals surface area contributed by atoms with Gasteiger partial charge in [0.15, 0.2) is 0 Å². The molecule has 0 N–H and O–H groups in total. The van der Waals surface area contributed by atoms with E-state index in [9.17, 15) is 0 Å². The molecule has 0 aromatic heterocycles. The van der Waals surface area contributed by atoms with Crippen LogP contribution in [0.25, 0.3) is 0 Å². The molecule has 0 unspecified atom stereocenters. The summed E-state index contributed by atoms with van der Waals surface area (Å²) in [7, 11) is 24.4. The summed E-state index contributed by atoms with van der Waals surface area (Å²) in [5.74, 6) is 0. The molecule has 0 saturated heterocycles. The molecule has 28 heavy (non-hydrogen) atoms. The lowest BCUT2D eigenvalue weighted by Gasteiger charge is -2.36. The van der Waals surface area contributed by atoms with Gasteiger partial charge in [-0.3, -0.25) is 0 Å². The van der Waals surface area contributed by atoms with Crippen molar-refractivity contribution in [1.29, 1.82) is 0 Å². The summed E-state index contributed by atoms with van der Waals surface area (Å²) < 4.78 is 3.33. The van der Waals surface area contributed by atoms with Crippen LogP contribution in [0, 0.1) is 0 Å². The summed E-state index contributed by atoms with van der Waals surface area (Å²) in [6.45, 7) is 5.24. The smallest absolute Gasteiger partial charge is 0.0777 e. The minimum atomic E-state index is -1.22. The first-order valence-corrected chi connectivity index (χ1v) is 14.4. The van der Waals surface area contributed by atoms with Gasteiger partial charge in [0.1, 0.15) is 0 Å². The second-order valence-electron chi connectivity index (χ2n) is 12.8. The molecule has 0 rings (SSSR count). The Hall–Kier alpha value is 0.0569. The average Bonchev–Trinajstić information content (AvgIpc) is 2.42. The van der Waals surface area contributed by atoms with Crippen molar-refractivity contribution in [3.63, 3.8) is 0 Å². The van der Waals surface area contributed by atoms with Gasteiger partial charge in [-0.2, -0.15) is 0 Å². The number of rotatable bonds is 16. The third-order valence-corrected chi connectivity index (χ3v) is 11.6. The number of hydrogen-bond donors (Lipinski definition) is 0. The van der Waals surface area contributed by atoms with Crippen molar-refractivity contribution < 1.29 is 13.4 Å². The molecule has 0 atom stereocenters. The zero-order valence-corrected chi connectivity index (χ0v) is 22.8. The van der Waals surface area contributed by atoms with E-state index in [4.69, 9.17) is 0 Å². The second kappa shape index (κ2) is 12.0. The van der Waals surface area contributed by atoms with E-state index in [1.165, 1.54) is 57.9 Å². The van der Waals surface area contributed by atoms with Crippen LogP contribution in [0.15, 0.2) is 0 Å². The molecule has 0 fully saturated rings. The Morgan fingerprint density at radius 3 is 1.04 bits per heavy atom. The van der Waals surface area contributed by atoms with Gasteiger partial charge in [-0.25, -0.2) is 0 Å². The highest BCUT2D eigenvalue weighted by Crippen LogP contribution is 2.32. The molecule has 170 valence electrons. The highest BCUT2D eigenvalue weighted by molar-refractivity contribution is 6.79. The highest BCUT2D eigenvalue weighted by atomic mass is 28.3. The van der Waals surface area contributed by atoms with E-state index in [2.05, 4.69) is 82.4 Å². The first-order chi connectivity index (χ1) is 12.5. The summed E-state index contributed by atoms with van der Waals surface area (Å²) in [4.78, 5) is 2.38. The van der Waals surface area contributed by atoms with Crippen LogP contribution < -0.4 is 0 Å². The topological polar surface area (TPSA) is 3.24 Å². The van der Waals surface area contributed by atoms with Gasteiger partial charge in [-0.1, -0.05) is 24.2 Å². The Kier molecular flexibility index (Phi) is 12.1. The molecule has 0 saturated carbocycles. The minimum absolute atomic E-state index is 1.11. The fourth-order valence-corrected chi connectivity index (χ4v) is 9.44. The molecule has 0 heterocycles. The maximum Gasteiger partial charge on any atom is 0.0777 e. The maximum absolute atomic E-state index is 2.38. The number of hydrogen-bond acceptors (Lipinski definition) is 1. The van der Waals surface area contributed by atoms with Crippen molar-refractivity contribution in [1.82, 2.24) is 4.90 Å². The van der Waals surface area contributed by atoms with Crippen molar-refractivity contribution in [3.8, 4) is 0 Å². The Labute approximate surface area is 180 Å². The molecule has 0 spiro atoms. The van der Waals surface area contributed by atoms with Crippen LogP contribution in [-0.4, -0.2) is 130 Å². The van der Waals surface area contributed by atoms with Crippen molar-refractivity contribution >= 4 is 8.07 Å². The van der Waals surface area contributed by atoms with Crippen molar-refractivity contribution in [2.75, 3.05) is 104 Å². The predicted octanol–water partition coefficient (Wildman–Crippen LogP) is 3.68. The maximum atomic E-state index is 2.38. The van der Waals surface area contributed by atoms with Crippen LogP contribution in [0.5, 0.6) is 0 Å². The Bertz CT molecular complexity index is 352. The van der Waals surface area contributed by atoms with Gasteiger partial charge in [0.2, 0.25) is 0 Å². The molecule has 4 nitrogen and oxygen atoms in total. The van der Waals surface area contributed by atoms with Gasteiger partial charge < -0.3 is 18.3 Å². The Morgan fingerprint density at radius 2 is 0.786 bits per heavy atom. The van der Waals surface area contributed by atoms with Crippen molar-refractivity contribution in [2.24, 2.45) is 0 Å². The SMILES string of the molecule is CN(C)CCC[Si](CCC[N+](C)(C)C)(CCC[N+](C)(C)C)CCC[N+](C)(C)C. The third-order valence-electron chi connectivity index (χ3n) is 5.92. The van der Waals surface area contributed by atoms with Gasteiger partial charge in [0, 0.05) is 0 Å². The highest BCUT2D eigenvalue weighted by Gasteiger charge is 2.33. The molecule has 0 aromatic rings. The zero-order chi connectivity index (χ0) is 22.1. The van der Waals surface area contributed by atoms with Gasteiger partial charge >= 0.3 is 0 Å². The van der Waals surface area contributed by atoms with Crippen LogP contribution >= 0.6 is 0 Å². The Balaban J connectivity index is 5.16. The van der Waals surface area contributed by atoms with Crippen molar-refractivity contribution in [2.45, 2.75) is 49.9 Å². The molecule has 0 bridgehead atoms. The van der Waals surface area contributed by atoms with E-state index in [0.29, 0.717) is 0 Å². The van der Waals surface area contributed by atoms with Gasteiger partial charge in [-0.05, 0) is 46.3 Å². The molecular formula is C23H57N4Si+3. The number of nitrogens with zero attached hydrogens (tertiary/aromatic N) is 4. The van der Waals surface area contributed by atoms with Crippen molar-refractivity contribution in [3.05, 3.63) is 0 Å². The summed E-state index contributed by atoms with van der Waals surface area (Å²) in [5.41, 5.74) is 0. The fraction of sp³-hybridized carbons (Fsp3) is 1.00. The fourth-order valence-electron chi connectivity index (χ4n) is 4.31. The monoisotopic (exact) mass is 417 g/mol. The summed E-state index contributed by atoms with van der Waals surface area (Å²) in [6.07, 6.45) is 5.67. The van der Waals surface area contributed by atoms with Gasteiger partial charge in [0.05, 0.1) is 91.1 Å². The lowest BCUT2D eigenvalue weighted by molar-refractivity contribution is -0.870. The summed E-state index contributed by atoms with van der Waals surface area (Å²) in [5, 5.41) is 0. The van der Waals surface area contributed by atoms with E-state index in [1.807, 2.05) is 0 Å². The molecular weight excluding hydrogens is 360 g/mol. The van der Waals surface area contributed by atoms with Gasteiger partial charge in [-0.15, -0.1) is 0 Å². The molecule has 0 amide bonds. The largest absolute Gasteiger partial charge is 0.331 e. The normalized spacial score (nSPS) is 14.1. The lowest BCUT2D eigenvalue weighted by atomic mass is 10.4. The first kappa shape index (κ1) is 28.1. The third kappa shape index (κ3) is 17.0. The average molecular weight is 418 g/mol. The lowest BCUT2D eigenvalue weighted by Crippen LogP contribution is -2.42. The second-order valence-corrected chi connectivity index (χ2v) is 17.8. The van der Waals surface area contributed by atoms with Crippen LogP contribution in [0.2, 0.25) is 24.2 Å². The minimum Gasteiger partial charge on any atom is -0.331 e. The molecule has 0 aliphatic carbocycles.